The molecule has 2 fully saturated rings. The highest BCUT2D eigenvalue weighted by Gasteiger charge is 2.41. The Balaban J connectivity index is 1.38. The number of rotatable bonds is 4. The molecule has 3 atom stereocenters. The molecule has 1 aromatic carbocycles. The highest BCUT2D eigenvalue weighted by molar-refractivity contribution is 5.97. The Morgan fingerprint density at radius 1 is 1.10 bits per heavy atom. The van der Waals surface area contributed by atoms with E-state index in [4.69, 9.17) is 14.2 Å². The highest BCUT2D eigenvalue weighted by atomic mass is 16.5. The molecule has 7 nitrogen and oxygen atoms in total. The molecule has 1 aromatic rings. The summed E-state index contributed by atoms with van der Waals surface area (Å²) >= 11 is 0. The van der Waals surface area contributed by atoms with Crippen LogP contribution in [0, 0.1) is 5.92 Å². The fraction of sp³-hybridized carbons (Fsp3) is 0.545. The van der Waals surface area contributed by atoms with Crippen LogP contribution in [0.15, 0.2) is 36.3 Å². The van der Waals surface area contributed by atoms with E-state index in [1.807, 2.05) is 4.90 Å². The molecule has 1 aliphatic carbocycles. The molecule has 29 heavy (non-hydrogen) atoms. The minimum atomic E-state index is -0.181. The lowest BCUT2D eigenvalue weighted by Crippen LogP contribution is -2.47. The van der Waals surface area contributed by atoms with Crippen LogP contribution in [-0.4, -0.2) is 74.0 Å². The Bertz CT molecular complexity index is 783. The fourth-order valence-electron chi connectivity index (χ4n) is 4.21. The van der Waals surface area contributed by atoms with Gasteiger partial charge in [0.05, 0.1) is 12.0 Å². The number of piperazine rings is 1. The van der Waals surface area contributed by atoms with Crippen molar-refractivity contribution in [3.63, 3.8) is 0 Å². The number of ketones is 1. The van der Waals surface area contributed by atoms with Gasteiger partial charge in [-0.15, -0.1) is 0 Å². The molecule has 2 aliphatic heterocycles. The summed E-state index contributed by atoms with van der Waals surface area (Å²) in [7, 11) is 3.75. The van der Waals surface area contributed by atoms with E-state index in [-0.39, 0.29) is 35.6 Å². The third-order valence-corrected chi connectivity index (χ3v) is 6.13. The number of fused-ring (bicyclic) bond motifs is 1. The van der Waals surface area contributed by atoms with Gasteiger partial charge in [-0.05, 0) is 44.2 Å². The molecule has 0 radical (unpaired) electrons. The van der Waals surface area contributed by atoms with Crippen molar-refractivity contribution < 1.29 is 23.8 Å². The molecule has 3 aliphatic rings. The number of amides is 1. The molecule has 7 heteroatoms. The average molecular weight is 400 g/mol. The zero-order valence-corrected chi connectivity index (χ0v) is 17.0. The van der Waals surface area contributed by atoms with Crippen molar-refractivity contribution in [2.45, 2.75) is 31.5 Å². The second-order valence-electron chi connectivity index (χ2n) is 8.02. The quantitative estimate of drug-likeness (QED) is 0.771. The first-order valence-corrected chi connectivity index (χ1v) is 10.2. The zero-order valence-electron chi connectivity index (χ0n) is 17.0. The van der Waals surface area contributed by atoms with Gasteiger partial charge in [-0.2, -0.15) is 0 Å². The average Bonchev–Trinajstić information content (AvgIpc) is 2.76. The summed E-state index contributed by atoms with van der Waals surface area (Å²) in [6.45, 7) is 3.24. The molecule has 0 aromatic heterocycles. The summed E-state index contributed by atoms with van der Waals surface area (Å²) in [6, 6.07) is 6.95. The number of likely N-dealkylation sites (N-methyl/N-ethyl adjacent to an activating group) is 1. The van der Waals surface area contributed by atoms with E-state index in [9.17, 15) is 9.59 Å². The first-order chi connectivity index (χ1) is 14.0. The molecule has 2 heterocycles. The van der Waals surface area contributed by atoms with Gasteiger partial charge in [0.1, 0.15) is 18.1 Å². The number of benzene rings is 1. The van der Waals surface area contributed by atoms with Gasteiger partial charge in [0.15, 0.2) is 0 Å². The summed E-state index contributed by atoms with van der Waals surface area (Å²) in [6.07, 6.45) is 3.73. The number of allylic oxidation sites excluding steroid dienone is 1. The maximum Gasteiger partial charge on any atom is 0.253 e. The molecule has 0 spiro atoms. The van der Waals surface area contributed by atoms with Crippen LogP contribution in [0.4, 0.5) is 0 Å². The van der Waals surface area contributed by atoms with Gasteiger partial charge in [0.2, 0.25) is 11.5 Å². The molecule has 1 saturated carbocycles. The number of carbonyl (C=O) groups is 2. The second kappa shape index (κ2) is 8.55. The van der Waals surface area contributed by atoms with Crippen LogP contribution in [0.5, 0.6) is 5.75 Å². The van der Waals surface area contributed by atoms with Crippen LogP contribution in [-0.2, 0) is 14.3 Å². The lowest BCUT2D eigenvalue weighted by atomic mass is 9.80. The summed E-state index contributed by atoms with van der Waals surface area (Å²) in [5.41, 5.74) is 0.625. The standard InChI is InChI=1S/C22H28N2O5/c1-23-9-11-24(12-10-23)22(26)15-3-5-16(6-4-15)29-20-14-28-19-13-17(27-2)7-8-18(19)21(20)25/h3-6,14,17-19H,7-13H2,1-2H3. The maximum absolute atomic E-state index is 12.8. The smallest absolute Gasteiger partial charge is 0.253 e. The van der Waals surface area contributed by atoms with Crippen molar-refractivity contribution in [2.75, 3.05) is 40.3 Å². The van der Waals surface area contributed by atoms with Crippen molar-refractivity contribution in [1.82, 2.24) is 9.80 Å². The maximum atomic E-state index is 12.8. The Kier molecular flexibility index (Phi) is 5.87. The lowest BCUT2D eigenvalue weighted by molar-refractivity contribution is -0.133. The largest absolute Gasteiger partial charge is 0.493 e. The fourth-order valence-corrected chi connectivity index (χ4v) is 4.21. The normalized spacial score (nSPS) is 27.7. The SMILES string of the molecule is COC1CCC2C(=O)C(Oc3ccc(C(=O)N4CCN(C)CC4)cc3)=COC2C1. The number of ether oxygens (including phenoxy) is 3. The molecule has 1 saturated heterocycles. The van der Waals surface area contributed by atoms with E-state index in [2.05, 4.69) is 11.9 Å². The van der Waals surface area contributed by atoms with Crippen LogP contribution in [0.25, 0.3) is 0 Å². The van der Waals surface area contributed by atoms with Crippen molar-refractivity contribution >= 4 is 11.7 Å². The monoisotopic (exact) mass is 400 g/mol. The van der Waals surface area contributed by atoms with Gasteiger partial charge < -0.3 is 24.0 Å². The molecule has 4 rings (SSSR count). The van der Waals surface area contributed by atoms with Gasteiger partial charge in [0, 0.05) is 45.3 Å². The third-order valence-electron chi connectivity index (χ3n) is 6.13. The molecule has 0 N–H and O–H groups in total. The van der Waals surface area contributed by atoms with E-state index < -0.39 is 0 Å². The van der Waals surface area contributed by atoms with Gasteiger partial charge >= 0.3 is 0 Å². The Morgan fingerprint density at radius 3 is 2.52 bits per heavy atom. The molecule has 156 valence electrons. The number of methoxy groups -OCH3 is 1. The Labute approximate surface area is 171 Å². The van der Waals surface area contributed by atoms with Crippen LogP contribution in [0.3, 0.4) is 0 Å². The van der Waals surface area contributed by atoms with Crippen LogP contribution in [0.2, 0.25) is 0 Å². The van der Waals surface area contributed by atoms with Crippen molar-refractivity contribution in [2.24, 2.45) is 5.92 Å². The molecular weight excluding hydrogens is 372 g/mol. The predicted octanol–water partition coefficient (Wildman–Crippen LogP) is 2.08. The van der Waals surface area contributed by atoms with E-state index in [1.165, 1.54) is 6.26 Å². The number of hydrogen-bond acceptors (Lipinski definition) is 6. The Hall–Kier alpha value is -2.38. The van der Waals surface area contributed by atoms with E-state index in [0.29, 0.717) is 11.3 Å². The second-order valence-corrected chi connectivity index (χ2v) is 8.02. The molecule has 3 unspecified atom stereocenters. The van der Waals surface area contributed by atoms with Crippen LogP contribution < -0.4 is 4.74 Å². The Morgan fingerprint density at radius 2 is 1.83 bits per heavy atom. The molecular formula is C22H28N2O5. The lowest BCUT2D eigenvalue weighted by Gasteiger charge is -2.36. The molecule has 1 amide bonds. The van der Waals surface area contributed by atoms with E-state index >= 15 is 0 Å². The van der Waals surface area contributed by atoms with Crippen molar-refractivity contribution in [3.05, 3.63) is 41.9 Å². The van der Waals surface area contributed by atoms with Crippen molar-refractivity contribution in [3.8, 4) is 5.75 Å². The topological polar surface area (TPSA) is 68.3 Å². The highest BCUT2D eigenvalue weighted by Crippen LogP contribution is 2.34. The molecule has 0 bridgehead atoms. The van der Waals surface area contributed by atoms with E-state index in [0.717, 1.165) is 45.4 Å². The first kappa shape index (κ1) is 19.9. The number of carbonyl (C=O) groups excluding carboxylic acids is 2. The van der Waals surface area contributed by atoms with E-state index in [1.54, 1.807) is 31.4 Å². The van der Waals surface area contributed by atoms with Crippen LogP contribution in [0.1, 0.15) is 29.6 Å². The minimum Gasteiger partial charge on any atom is -0.493 e. The summed E-state index contributed by atoms with van der Waals surface area (Å²) < 4.78 is 17.0. The number of hydrogen-bond donors (Lipinski definition) is 0. The van der Waals surface area contributed by atoms with Gasteiger partial charge in [-0.1, -0.05) is 0 Å². The third kappa shape index (κ3) is 4.31. The van der Waals surface area contributed by atoms with Gasteiger partial charge in [0.25, 0.3) is 5.91 Å². The zero-order chi connectivity index (χ0) is 20.4. The van der Waals surface area contributed by atoms with Gasteiger partial charge in [-0.25, -0.2) is 0 Å². The summed E-state index contributed by atoms with van der Waals surface area (Å²) in [5.74, 6) is 0.568. The first-order valence-electron chi connectivity index (χ1n) is 10.2. The summed E-state index contributed by atoms with van der Waals surface area (Å²) in [4.78, 5) is 29.5. The number of Topliss-reactive ketones (excluding diaryl/α,β-unsaturated/α-hetero) is 1. The van der Waals surface area contributed by atoms with Gasteiger partial charge in [-0.3, -0.25) is 9.59 Å². The van der Waals surface area contributed by atoms with Crippen LogP contribution >= 0.6 is 0 Å². The number of nitrogens with zero attached hydrogens (tertiary/aromatic N) is 2. The van der Waals surface area contributed by atoms with Crippen molar-refractivity contribution in [1.29, 1.82) is 0 Å². The predicted molar refractivity (Wildman–Crippen MR) is 107 cm³/mol. The minimum absolute atomic E-state index is 0.0200. The summed E-state index contributed by atoms with van der Waals surface area (Å²) in [5, 5.41) is 0.